The minimum absolute atomic E-state index is 0.0474. The van der Waals surface area contributed by atoms with Crippen molar-refractivity contribution in [3.63, 3.8) is 0 Å². The zero-order valence-electron chi connectivity index (χ0n) is 17.2. The molecule has 0 saturated carbocycles. The Hall–Kier alpha value is -3.88. The first-order chi connectivity index (χ1) is 15.7. The fraction of sp³-hybridized carbons (Fsp3) is 0.261. The van der Waals surface area contributed by atoms with E-state index >= 15 is 0 Å². The summed E-state index contributed by atoms with van der Waals surface area (Å²) in [5.41, 5.74) is 2.79. The molecule has 5 rings (SSSR count). The lowest BCUT2D eigenvalue weighted by molar-refractivity contribution is 0.0663. The van der Waals surface area contributed by atoms with Gasteiger partial charge >= 0.3 is 0 Å². The normalized spacial score (nSPS) is 16.3. The van der Waals surface area contributed by atoms with Crippen molar-refractivity contribution in [3.8, 4) is 22.6 Å². The first-order valence-corrected chi connectivity index (χ1v) is 10.5. The number of carbonyl (C=O) groups is 1. The van der Waals surface area contributed by atoms with E-state index in [4.69, 9.17) is 4.52 Å². The molecule has 1 aliphatic rings. The number of hydrogen-bond donors (Lipinski definition) is 1. The van der Waals surface area contributed by atoms with Gasteiger partial charge in [-0.3, -0.25) is 9.78 Å². The zero-order valence-corrected chi connectivity index (χ0v) is 17.2. The molecule has 1 N–H and O–H groups in total. The molecule has 0 unspecified atom stereocenters. The lowest BCUT2D eigenvalue weighted by Crippen LogP contribution is -2.40. The van der Waals surface area contributed by atoms with Gasteiger partial charge in [0.1, 0.15) is 17.2 Å². The molecule has 4 aromatic rings. The van der Waals surface area contributed by atoms with Crippen LogP contribution in [0.3, 0.4) is 0 Å². The van der Waals surface area contributed by atoms with Crippen molar-refractivity contribution in [2.75, 3.05) is 13.1 Å². The van der Waals surface area contributed by atoms with Gasteiger partial charge in [-0.2, -0.15) is 4.98 Å². The molecular weight excluding hydrogens is 411 g/mol. The summed E-state index contributed by atoms with van der Waals surface area (Å²) >= 11 is 0. The van der Waals surface area contributed by atoms with Gasteiger partial charge in [0.25, 0.3) is 5.91 Å². The van der Waals surface area contributed by atoms with E-state index in [2.05, 4.69) is 25.1 Å². The van der Waals surface area contributed by atoms with E-state index in [-0.39, 0.29) is 17.6 Å². The first-order valence-electron chi connectivity index (χ1n) is 10.5. The van der Waals surface area contributed by atoms with Crippen LogP contribution in [0.2, 0.25) is 0 Å². The molecule has 9 heteroatoms. The van der Waals surface area contributed by atoms with Crippen molar-refractivity contribution >= 4 is 5.91 Å². The van der Waals surface area contributed by atoms with E-state index in [1.54, 1.807) is 36.9 Å². The number of carbonyl (C=O) groups excluding carboxylic acids is 1. The number of halogens is 1. The number of likely N-dealkylation sites (tertiary alicyclic amines) is 1. The zero-order chi connectivity index (χ0) is 21.9. The third kappa shape index (κ3) is 4.27. The Morgan fingerprint density at radius 1 is 1.22 bits per heavy atom. The number of H-pyrrole nitrogens is 1. The average molecular weight is 432 g/mol. The fourth-order valence-electron chi connectivity index (χ4n) is 4.02. The molecule has 32 heavy (non-hydrogen) atoms. The average Bonchev–Trinajstić information content (AvgIpc) is 3.50. The smallest absolute Gasteiger partial charge is 0.270 e. The summed E-state index contributed by atoms with van der Waals surface area (Å²) in [5.74, 6) is 0.841. The van der Waals surface area contributed by atoms with Crippen molar-refractivity contribution in [1.82, 2.24) is 30.0 Å². The van der Waals surface area contributed by atoms with Crippen LogP contribution in [0.15, 0.2) is 59.6 Å². The summed E-state index contributed by atoms with van der Waals surface area (Å²) in [5, 5.41) is 3.99. The van der Waals surface area contributed by atoms with Crippen LogP contribution < -0.4 is 0 Å². The Kier molecular flexibility index (Phi) is 5.45. The van der Waals surface area contributed by atoms with Gasteiger partial charge in [0.05, 0.1) is 6.20 Å². The van der Waals surface area contributed by atoms with Crippen LogP contribution >= 0.6 is 0 Å². The Morgan fingerprint density at radius 3 is 2.91 bits per heavy atom. The number of aromatic amines is 1. The Bertz CT molecular complexity index is 1200. The largest absolute Gasteiger partial charge is 0.357 e. The van der Waals surface area contributed by atoms with Crippen LogP contribution in [-0.4, -0.2) is 49.0 Å². The molecule has 3 aromatic heterocycles. The summed E-state index contributed by atoms with van der Waals surface area (Å²) in [6, 6.07) is 8.02. The highest BCUT2D eigenvalue weighted by atomic mass is 19.1. The van der Waals surface area contributed by atoms with E-state index in [1.807, 2.05) is 11.0 Å². The Balaban J connectivity index is 1.24. The third-order valence-corrected chi connectivity index (χ3v) is 5.62. The van der Waals surface area contributed by atoms with Gasteiger partial charge in [-0.25, -0.2) is 9.37 Å². The summed E-state index contributed by atoms with van der Waals surface area (Å²) < 4.78 is 18.6. The standard InChI is InChI=1S/C23H21FN6O2/c24-18-5-3-16(4-6-18)17-11-19(27-12-17)23(31)30-9-1-2-15(14-30)10-21-28-22(29-32-21)20-13-25-7-8-26-20/h3-8,11-13,15,27H,1-2,9-10,14H2/t15-/m1/s1. The first kappa shape index (κ1) is 20.0. The maximum Gasteiger partial charge on any atom is 0.270 e. The van der Waals surface area contributed by atoms with Gasteiger partial charge in [-0.15, -0.1) is 0 Å². The monoisotopic (exact) mass is 432 g/mol. The second-order valence-electron chi connectivity index (χ2n) is 7.87. The van der Waals surface area contributed by atoms with Crippen molar-refractivity contribution in [2.24, 2.45) is 5.92 Å². The number of nitrogens with one attached hydrogen (secondary N) is 1. The van der Waals surface area contributed by atoms with Crippen LogP contribution in [0.1, 0.15) is 29.2 Å². The van der Waals surface area contributed by atoms with Crippen molar-refractivity contribution in [3.05, 3.63) is 72.5 Å². The minimum Gasteiger partial charge on any atom is -0.357 e. The Labute approximate surface area is 183 Å². The molecule has 8 nitrogen and oxygen atoms in total. The number of piperidine rings is 1. The van der Waals surface area contributed by atoms with Gasteiger partial charge in [-0.05, 0) is 48.1 Å². The van der Waals surface area contributed by atoms with Crippen LogP contribution in [0.5, 0.6) is 0 Å². The highest BCUT2D eigenvalue weighted by Gasteiger charge is 2.27. The molecule has 1 fully saturated rings. The molecule has 1 amide bonds. The van der Waals surface area contributed by atoms with Crippen molar-refractivity contribution in [1.29, 1.82) is 0 Å². The van der Waals surface area contributed by atoms with E-state index in [9.17, 15) is 9.18 Å². The van der Waals surface area contributed by atoms with E-state index in [0.717, 1.165) is 24.0 Å². The molecule has 0 aliphatic carbocycles. The maximum atomic E-state index is 13.2. The molecule has 0 radical (unpaired) electrons. The molecule has 1 aliphatic heterocycles. The summed E-state index contributed by atoms with van der Waals surface area (Å²) in [6.45, 7) is 1.32. The predicted molar refractivity (Wildman–Crippen MR) is 114 cm³/mol. The van der Waals surface area contributed by atoms with E-state index in [1.165, 1.54) is 12.1 Å². The number of hydrogen-bond acceptors (Lipinski definition) is 6. The van der Waals surface area contributed by atoms with Gasteiger partial charge in [0, 0.05) is 38.1 Å². The highest BCUT2D eigenvalue weighted by molar-refractivity contribution is 5.94. The highest BCUT2D eigenvalue weighted by Crippen LogP contribution is 2.25. The lowest BCUT2D eigenvalue weighted by atomic mass is 9.94. The lowest BCUT2D eigenvalue weighted by Gasteiger charge is -2.31. The molecule has 1 atom stereocenters. The van der Waals surface area contributed by atoms with Gasteiger partial charge < -0.3 is 14.4 Å². The number of aromatic nitrogens is 5. The number of rotatable bonds is 5. The molecular formula is C23H21FN6O2. The van der Waals surface area contributed by atoms with Crippen LogP contribution in [0, 0.1) is 11.7 Å². The van der Waals surface area contributed by atoms with Gasteiger partial charge in [-0.1, -0.05) is 17.3 Å². The van der Waals surface area contributed by atoms with E-state index < -0.39 is 0 Å². The molecule has 0 spiro atoms. The van der Waals surface area contributed by atoms with Crippen molar-refractivity contribution < 1.29 is 13.7 Å². The minimum atomic E-state index is -0.287. The predicted octanol–water partition coefficient (Wildman–Crippen LogP) is 3.76. The van der Waals surface area contributed by atoms with Crippen LogP contribution in [0.4, 0.5) is 4.39 Å². The molecule has 1 saturated heterocycles. The molecule has 0 bridgehead atoms. The van der Waals surface area contributed by atoms with Crippen LogP contribution in [-0.2, 0) is 6.42 Å². The summed E-state index contributed by atoms with van der Waals surface area (Å²) in [7, 11) is 0. The molecule has 1 aromatic carbocycles. The van der Waals surface area contributed by atoms with Gasteiger partial charge in [0.15, 0.2) is 0 Å². The number of nitrogens with zero attached hydrogens (tertiary/aromatic N) is 5. The SMILES string of the molecule is O=C(c1cc(-c2ccc(F)cc2)c[nH]1)N1CCC[C@H](Cc2nc(-c3cnccn3)no2)C1. The Morgan fingerprint density at radius 2 is 2.09 bits per heavy atom. The maximum absolute atomic E-state index is 13.2. The van der Waals surface area contributed by atoms with Gasteiger partial charge in [0.2, 0.25) is 11.7 Å². The van der Waals surface area contributed by atoms with E-state index in [0.29, 0.717) is 42.6 Å². The van der Waals surface area contributed by atoms with Crippen molar-refractivity contribution in [2.45, 2.75) is 19.3 Å². The molecule has 4 heterocycles. The molecule has 162 valence electrons. The second-order valence-corrected chi connectivity index (χ2v) is 7.87. The number of amides is 1. The third-order valence-electron chi connectivity index (χ3n) is 5.62. The quantitative estimate of drug-likeness (QED) is 0.515. The van der Waals surface area contributed by atoms with Crippen LogP contribution in [0.25, 0.3) is 22.6 Å². The summed E-state index contributed by atoms with van der Waals surface area (Å²) in [4.78, 5) is 30.6. The number of benzene rings is 1. The fourth-order valence-corrected chi connectivity index (χ4v) is 4.02. The summed E-state index contributed by atoms with van der Waals surface area (Å²) in [6.07, 6.45) is 9.03. The topological polar surface area (TPSA) is 101 Å². The second kappa shape index (κ2) is 8.70.